The van der Waals surface area contributed by atoms with E-state index in [1.54, 1.807) is 0 Å². The Morgan fingerprint density at radius 1 is 1.25 bits per heavy atom. The maximum Gasteiger partial charge on any atom is 0.245 e. The predicted molar refractivity (Wildman–Crippen MR) is 68.4 cm³/mol. The Hall–Kier alpha value is -0.260. The molecule has 0 aliphatic carbocycles. The molecule has 1 saturated heterocycles. The van der Waals surface area contributed by atoms with Gasteiger partial charge >= 0.3 is 0 Å². The lowest BCUT2D eigenvalue weighted by molar-refractivity contribution is 0.515. The second-order valence-electron chi connectivity index (χ2n) is 3.66. The Morgan fingerprint density at radius 2 is 2.00 bits per heavy atom. The number of hydrogen-bond acceptors (Lipinski definition) is 5. The van der Waals surface area contributed by atoms with Crippen LogP contribution in [0.2, 0.25) is 10.4 Å². The first-order valence-corrected chi connectivity index (χ1v) is 7.04. The molecule has 16 heavy (non-hydrogen) atoms. The van der Waals surface area contributed by atoms with Crippen molar-refractivity contribution in [2.45, 2.75) is 12.8 Å². The smallest absolute Gasteiger partial charge is 0.245 e. The molecule has 4 nitrogen and oxygen atoms in total. The highest BCUT2D eigenvalue weighted by atomic mass is 35.5. The molecule has 1 aromatic rings. The Labute approximate surface area is 109 Å². The molecule has 88 valence electrons. The van der Waals surface area contributed by atoms with Crippen molar-refractivity contribution in [2.75, 3.05) is 23.4 Å². The highest BCUT2D eigenvalue weighted by molar-refractivity contribution is 7.99. The maximum atomic E-state index is 5.85. The average Bonchev–Trinajstić information content (AvgIpc) is 2.32. The third kappa shape index (κ3) is 3.37. The quantitative estimate of drug-likeness (QED) is 0.922. The van der Waals surface area contributed by atoms with Crippen molar-refractivity contribution in [1.82, 2.24) is 15.2 Å². The Kier molecular flexibility index (Phi) is 4.49. The van der Waals surface area contributed by atoms with Gasteiger partial charge in [-0.05, 0) is 41.9 Å². The lowest BCUT2D eigenvalue weighted by atomic mass is 10.0. The number of anilines is 1. The highest BCUT2D eigenvalue weighted by Gasteiger charge is 2.14. The summed E-state index contributed by atoms with van der Waals surface area (Å²) in [5.74, 6) is 3.69. The van der Waals surface area contributed by atoms with Crippen molar-refractivity contribution >= 4 is 40.8 Å². The molecule has 7 heteroatoms. The topological polar surface area (TPSA) is 50.7 Å². The van der Waals surface area contributed by atoms with Gasteiger partial charge in [-0.15, -0.1) is 10.2 Å². The molecule has 0 unspecified atom stereocenters. The zero-order valence-electron chi connectivity index (χ0n) is 8.62. The van der Waals surface area contributed by atoms with Crippen LogP contribution in [0.5, 0.6) is 0 Å². The van der Waals surface area contributed by atoms with Crippen molar-refractivity contribution in [3.63, 3.8) is 0 Å². The number of thioether (sulfide) groups is 1. The molecule has 1 aliphatic heterocycles. The molecule has 2 rings (SSSR count). The largest absolute Gasteiger partial charge is 0.367 e. The summed E-state index contributed by atoms with van der Waals surface area (Å²) >= 11 is 13.5. The van der Waals surface area contributed by atoms with Gasteiger partial charge < -0.3 is 5.32 Å². The van der Waals surface area contributed by atoms with Crippen LogP contribution in [0.25, 0.3) is 0 Å². The van der Waals surface area contributed by atoms with Crippen LogP contribution < -0.4 is 5.32 Å². The molecule has 1 N–H and O–H groups in total. The predicted octanol–water partition coefficient (Wildman–Crippen LogP) is 2.73. The molecular weight excluding hydrogens is 267 g/mol. The van der Waals surface area contributed by atoms with Crippen LogP contribution in [-0.2, 0) is 0 Å². The zero-order valence-corrected chi connectivity index (χ0v) is 10.9. The van der Waals surface area contributed by atoms with E-state index >= 15 is 0 Å². The van der Waals surface area contributed by atoms with Gasteiger partial charge in [-0.3, -0.25) is 0 Å². The molecule has 0 spiro atoms. The van der Waals surface area contributed by atoms with Gasteiger partial charge in [-0.1, -0.05) is 11.6 Å². The van der Waals surface area contributed by atoms with Crippen LogP contribution in [0.15, 0.2) is 0 Å². The fourth-order valence-electron chi connectivity index (χ4n) is 1.60. The third-order valence-electron chi connectivity index (χ3n) is 2.52. The highest BCUT2D eigenvalue weighted by Crippen LogP contribution is 2.24. The summed E-state index contributed by atoms with van der Waals surface area (Å²) in [5, 5.41) is 10.8. The van der Waals surface area contributed by atoms with E-state index in [4.69, 9.17) is 23.2 Å². The molecule has 0 atom stereocenters. The molecular formula is C9H12Cl2N4S. The van der Waals surface area contributed by atoms with Gasteiger partial charge in [-0.25, -0.2) is 0 Å². The summed E-state index contributed by atoms with van der Waals surface area (Å²) in [7, 11) is 0. The van der Waals surface area contributed by atoms with Crippen molar-refractivity contribution in [2.24, 2.45) is 5.92 Å². The average molecular weight is 279 g/mol. The minimum atomic E-state index is 0.117. The fraction of sp³-hybridized carbons (Fsp3) is 0.667. The summed E-state index contributed by atoms with van der Waals surface area (Å²) in [6, 6.07) is 0. The van der Waals surface area contributed by atoms with Gasteiger partial charge in [0.15, 0.2) is 11.0 Å². The lowest BCUT2D eigenvalue weighted by Gasteiger charge is -2.21. The summed E-state index contributed by atoms with van der Waals surface area (Å²) in [5.41, 5.74) is 0. The van der Waals surface area contributed by atoms with E-state index in [0.717, 1.165) is 6.54 Å². The van der Waals surface area contributed by atoms with Crippen LogP contribution in [0, 0.1) is 5.92 Å². The van der Waals surface area contributed by atoms with Gasteiger partial charge in [0.2, 0.25) is 5.28 Å². The first kappa shape index (κ1) is 12.2. The van der Waals surface area contributed by atoms with Crippen LogP contribution in [0.4, 0.5) is 5.82 Å². The van der Waals surface area contributed by atoms with E-state index in [9.17, 15) is 0 Å². The maximum absolute atomic E-state index is 5.85. The molecule has 2 heterocycles. The van der Waals surface area contributed by atoms with Gasteiger partial charge in [0.25, 0.3) is 0 Å². The molecule has 1 aliphatic rings. The van der Waals surface area contributed by atoms with Gasteiger partial charge in [0.1, 0.15) is 0 Å². The van der Waals surface area contributed by atoms with Crippen LogP contribution >= 0.6 is 35.0 Å². The SMILES string of the molecule is Clc1nnc(Cl)c(NCC2CCSCC2)n1. The van der Waals surface area contributed by atoms with Crippen molar-refractivity contribution in [3.05, 3.63) is 10.4 Å². The first-order valence-electron chi connectivity index (χ1n) is 5.13. The summed E-state index contributed by atoms with van der Waals surface area (Å²) in [6.45, 7) is 0.870. The van der Waals surface area contributed by atoms with Crippen molar-refractivity contribution in [1.29, 1.82) is 0 Å². The molecule has 1 aromatic heterocycles. The zero-order chi connectivity index (χ0) is 11.4. The van der Waals surface area contributed by atoms with Crippen LogP contribution in [0.3, 0.4) is 0 Å². The minimum Gasteiger partial charge on any atom is -0.367 e. The van der Waals surface area contributed by atoms with E-state index in [1.165, 1.54) is 24.3 Å². The molecule has 0 radical (unpaired) electrons. The Morgan fingerprint density at radius 3 is 2.75 bits per heavy atom. The molecule has 0 aromatic carbocycles. The van der Waals surface area contributed by atoms with Crippen molar-refractivity contribution < 1.29 is 0 Å². The molecule has 0 bridgehead atoms. The first-order chi connectivity index (χ1) is 7.75. The van der Waals surface area contributed by atoms with E-state index in [1.807, 2.05) is 11.8 Å². The van der Waals surface area contributed by atoms with Crippen molar-refractivity contribution in [3.8, 4) is 0 Å². The van der Waals surface area contributed by atoms with Gasteiger partial charge in [0.05, 0.1) is 0 Å². The standard InChI is InChI=1S/C9H12Cl2N4S/c10-7-8(13-9(11)15-14-7)12-5-6-1-3-16-4-2-6/h6H,1-5H2,(H,12,13,15). The van der Waals surface area contributed by atoms with E-state index in [2.05, 4.69) is 20.5 Å². The second-order valence-corrected chi connectivity index (χ2v) is 5.58. The number of rotatable bonds is 3. The summed E-state index contributed by atoms with van der Waals surface area (Å²) in [6.07, 6.45) is 2.48. The number of aromatic nitrogens is 3. The molecule has 1 fully saturated rings. The minimum absolute atomic E-state index is 0.117. The summed E-state index contributed by atoms with van der Waals surface area (Å²) < 4.78 is 0. The third-order valence-corrected chi connectivity index (χ3v) is 3.98. The lowest BCUT2D eigenvalue weighted by Crippen LogP contribution is -2.20. The van der Waals surface area contributed by atoms with Gasteiger partial charge in [-0.2, -0.15) is 16.7 Å². The Balaban J connectivity index is 1.90. The summed E-state index contributed by atoms with van der Waals surface area (Å²) in [4.78, 5) is 4.00. The number of nitrogens with one attached hydrogen (secondary N) is 1. The number of hydrogen-bond donors (Lipinski definition) is 1. The molecule has 0 saturated carbocycles. The van der Waals surface area contributed by atoms with Crippen LogP contribution in [0.1, 0.15) is 12.8 Å². The van der Waals surface area contributed by atoms with E-state index in [-0.39, 0.29) is 10.4 Å². The Bertz CT molecular complexity index is 357. The second kappa shape index (κ2) is 5.89. The normalized spacial score (nSPS) is 17.4. The van der Waals surface area contributed by atoms with Gasteiger partial charge in [0, 0.05) is 6.54 Å². The van der Waals surface area contributed by atoms with Crippen LogP contribution in [-0.4, -0.2) is 33.2 Å². The van der Waals surface area contributed by atoms with E-state index in [0.29, 0.717) is 11.7 Å². The number of nitrogens with zero attached hydrogens (tertiary/aromatic N) is 3. The molecule has 0 amide bonds. The monoisotopic (exact) mass is 278 g/mol. The van der Waals surface area contributed by atoms with E-state index < -0.39 is 0 Å². The fourth-order valence-corrected chi connectivity index (χ4v) is 3.07. The number of halogens is 2.